The lowest BCUT2D eigenvalue weighted by Crippen LogP contribution is -2.10. The smallest absolute Gasteiger partial charge is 0.107 e. The Bertz CT molecular complexity index is 95.1. The van der Waals surface area contributed by atoms with E-state index in [4.69, 9.17) is 33.4 Å². The van der Waals surface area contributed by atoms with Crippen molar-refractivity contribution in [1.29, 1.82) is 0 Å². The highest BCUT2D eigenvalue weighted by Crippen LogP contribution is 2.14. The second kappa shape index (κ2) is 8.11. The Labute approximate surface area is 83.5 Å². The molecule has 0 aliphatic rings. The number of unbranched alkanes of at least 4 members (excludes halogenated alkanes) is 1. The van der Waals surface area contributed by atoms with Crippen LogP contribution in [-0.2, 0) is 0 Å². The van der Waals surface area contributed by atoms with Gasteiger partial charge in [-0.25, -0.2) is 0 Å². The molecular formula is C8H16Cl2O2. The number of aliphatic hydroxyl groups is 2. The summed E-state index contributed by atoms with van der Waals surface area (Å²) in [6, 6.07) is 0. The van der Waals surface area contributed by atoms with Crippen LogP contribution in [0.4, 0.5) is 0 Å². The molecule has 0 amide bonds. The van der Waals surface area contributed by atoms with E-state index in [1.165, 1.54) is 0 Å². The van der Waals surface area contributed by atoms with Gasteiger partial charge in [-0.05, 0) is 12.8 Å². The fourth-order valence-electron chi connectivity index (χ4n) is 0.972. The lowest BCUT2D eigenvalue weighted by atomic mass is 10.0. The van der Waals surface area contributed by atoms with Crippen LogP contribution in [0.2, 0.25) is 0 Å². The lowest BCUT2D eigenvalue weighted by Gasteiger charge is -2.09. The fourth-order valence-corrected chi connectivity index (χ4v) is 1.28. The molecule has 0 fully saturated rings. The van der Waals surface area contributed by atoms with E-state index in [0.29, 0.717) is 0 Å². The summed E-state index contributed by atoms with van der Waals surface area (Å²) in [5, 5.41) is 17.4. The molecule has 74 valence electrons. The molecule has 0 unspecified atom stereocenters. The van der Waals surface area contributed by atoms with Crippen LogP contribution in [0.25, 0.3) is 0 Å². The van der Waals surface area contributed by atoms with Crippen LogP contribution in [0.5, 0.6) is 0 Å². The maximum atomic E-state index is 8.72. The Balaban J connectivity index is 3.17. The number of halogens is 2. The van der Waals surface area contributed by atoms with Crippen LogP contribution in [0.3, 0.4) is 0 Å². The Morgan fingerprint density at radius 1 is 0.917 bits per heavy atom. The summed E-state index contributed by atoms with van der Waals surface area (Å²) < 4.78 is 0. The molecule has 0 saturated carbocycles. The summed E-state index contributed by atoms with van der Waals surface area (Å²) >= 11 is 11.1. The van der Waals surface area contributed by atoms with Gasteiger partial charge in [-0.1, -0.05) is 12.8 Å². The van der Waals surface area contributed by atoms with Gasteiger partial charge in [-0.2, -0.15) is 0 Å². The van der Waals surface area contributed by atoms with E-state index < -0.39 is 0 Å². The highest BCUT2D eigenvalue weighted by molar-refractivity contribution is 6.44. The maximum absolute atomic E-state index is 8.72. The van der Waals surface area contributed by atoms with Crippen LogP contribution < -0.4 is 0 Å². The number of hydrogen-bond donors (Lipinski definition) is 2. The van der Waals surface area contributed by atoms with Crippen LogP contribution in [0.15, 0.2) is 0 Å². The molecule has 0 saturated heterocycles. The van der Waals surface area contributed by atoms with Crippen molar-refractivity contribution in [1.82, 2.24) is 0 Å². The minimum atomic E-state index is -0.285. The Kier molecular flexibility index (Phi) is 8.45. The predicted molar refractivity (Wildman–Crippen MR) is 51.6 cm³/mol. The van der Waals surface area contributed by atoms with Crippen molar-refractivity contribution in [3.05, 3.63) is 0 Å². The van der Waals surface area contributed by atoms with E-state index in [9.17, 15) is 0 Å². The van der Waals surface area contributed by atoms with Crippen LogP contribution in [0.1, 0.15) is 25.7 Å². The van der Waals surface area contributed by atoms with Gasteiger partial charge in [0.15, 0.2) is 0 Å². The van der Waals surface area contributed by atoms with Gasteiger partial charge >= 0.3 is 0 Å². The molecule has 0 bridgehead atoms. The van der Waals surface area contributed by atoms with Crippen LogP contribution in [0, 0.1) is 5.92 Å². The third kappa shape index (κ3) is 7.17. The third-order valence-corrected chi connectivity index (χ3v) is 2.24. The van der Waals surface area contributed by atoms with Crippen molar-refractivity contribution >= 4 is 23.2 Å². The first-order valence-corrected chi connectivity index (χ1v) is 5.07. The van der Waals surface area contributed by atoms with Crippen LogP contribution in [-0.4, -0.2) is 28.3 Å². The van der Waals surface area contributed by atoms with Crippen molar-refractivity contribution in [2.75, 3.05) is 13.2 Å². The fraction of sp³-hybridized carbons (Fsp3) is 1.00. The molecular weight excluding hydrogens is 199 g/mol. The Morgan fingerprint density at radius 2 is 1.42 bits per heavy atom. The molecule has 0 aromatic rings. The molecule has 4 heteroatoms. The van der Waals surface area contributed by atoms with E-state index in [2.05, 4.69) is 0 Å². The monoisotopic (exact) mass is 214 g/mol. The molecule has 0 rings (SSSR count). The van der Waals surface area contributed by atoms with Crippen molar-refractivity contribution in [3.63, 3.8) is 0 Å². The highest BCUT2D eigenvalue weighted by Gasteiger charge is 2.05. The minimum absolute atomic E-state index is 0.0223. The SMILES string of the molecule is OCC(CO)CCCCC(Cl)Cl. The first-order valence-electron chi connectivity index (χ1n) is 4.20. The van der Waals surface area contributed by atoms with E-state index in [1.54, 1.807) is 0 Å². The normalized spacial score (nSPS) is 11.5. The van der Waals surface area contributed by atoms with Gasteiger partial charge in [0.1, 0.15) is 4.84 Å². The average Bonchev–Trinajstić information content (AvgIpc) is 2.04. The van der Waals surface area contributed by atoms with Gasteiger partial charge in [0.25, 0.3) is 0 Å². The van der Waals surface area contributed by atoms with E-state index in [-0.39, 0.29) is 24.0 Å². The first kappa shape index (κ1) is 12.5. The zero-order chi connectivity index (χ0) is 9.40. The number of aliphatic hydroxyl groups excluding tert-OH is 2. The molecule has 0 heterocycles. The average molecular weight is 215 g/mol. The van der Waals surface area contributed by atoms with Crippen molar-refractivity contribution in [2.45, 2.75) is 30.5 Å². The zero-order valence-electron chi connectivity index (χ0n) is 7.05. The summed E-state index contributed by atoms with van der Waals surface area (Å²) in [7, 11) is 0. The Morgan fingerprint density at radius 3 is 1.83 bits per heavy atom. The largest absolute Gasteiger partial charge is 0.396 e. The van der Waals surface area contributed by atoms with Gasteiger partial charge in [-0.15, -0.1) is 23.2 Å². The zero-order valence-corrected chi connectivity index (χ0v) is 8.56. The predicted octanol–water partition coefficient (Wildman–Crippen LogP) is 1.95. The molecule has 0 aromatic carbocycles. The summed E-state index contributed by atoms with van der Waals surface area (Å²) in [6.07, 6.45) is 3.54. The highest BCUT2D eigenvalue weighted by atomic mass is 35.5. The minimum Gasteiger partial charge on any atom is -0.396 e. The third-order valence-electron chi connectivity index (χ3n) is 1.80. The standard InChI is InChI=1S/C8H16Cl2O2/c9-8(10)4-2-1-3-7(5-11)6-12/h7-8,11-12H,1-6H2. The van der Waals surface area contributed by atoms with E-state index in [1.807, 2.05) is 0 Å². The lowest BCUT2D eigenvalue weighted by molar-refractivity contribution is 0.141. The topological polar surface area (TPSA) is 40.5 Å². The summed E-state index contributed by atoms with van der Waals surface area (Å²) in [5.74, 6) is 0.0223. The van der Waals surface area contributed by atoms with Crippen molar-refractivity contribution in [3.8, 4) is 0 Å². The summed E-state index contributed by atoms with van der Waals surface area (Å²) in [4.78, 5) is -0.285. The molecule has 0 aliphatic carbocycles. The molecule has 0 spiro atoms. The number of rotatable bonds is 7. The van der Waals surface area contributed by atoms with E-state index >= 15 is 0 Å². The maximum Gasteiger partial charge on any atom is 0.107 e. The van der Waals surface area contributed by atoms with Crippen molar-refractivity contribution < 1.29 is 10.2 Å². The molecule has 0 atom stereocenters. The van der Waals surface area contributed by atoms with Gasteiger partial charge in [0.05, 0.1) is 0 Å². The molecule has 0 radical (unpaired) electrons. The Hall–Kier alpha value is 0.500. The van der Waals surface area contributed by atoms with Gasteiger partial charge in [0, 0.05) is 19.1 Å². The number of alkyl halides is 2. The summed E-state index contributed by atoms with van der Waals surface area (Å²) in [6.45, 7) is 0.114. The van der Waals surface area contributed by atoms with Crippen LogP contribution >= 0.6 is 23.2 Å². The second-order valence-electron chi connectivity index (χ2n) is 2.91. The molecule has 0 aliphatic heterocycles. The molecule has 12 heavy (non-hydrogen) atoms. The second-order valence-corrected chi connectivity index (χ2v) is 4.18. The van der Waals surface area contributed by atoms with Gasteiger partial charge < -0.3 is 10.2 Å². The quantitative estimate of drug-likeness (QED) is 0.503. The number of hydrogen-bond acceptors (Lipinski definition) is 2. The molecule has 2 nitrogen and oxygen atoms in total. The van der Waals surface area contributed by atoms with Crippen molar-refractivity contribution in [2.24, 2.45) is 5.92 Å². The summed E-state index contributed by atoms with van der Waals surface area (Å²) in [5.41, 5.74) is 0. The molecule has 0 aromatic heterocycles. The first-order chi connectivity index (χ1) is 5.70. The van der Waals surface area contributed by atoms with Gasteiger partial charge in [0.2, 0.25) is 0 Å². The molecule has 2 N–H and O–H groups in total. The van der Waals surface area contributed by atoms with E-state index in [0.717, 1.165) is 25.7 Å². The van der Waals surface area contributed by atoms with Gasteiger partial charge in [-0.3, -0.25) is 0 Å².